The van der Waals surface area contributed by atoms with E-state index in [1.165, 1.54) is 19.3 Å². The van der Waals surface area contributed by atoms with Crippen molar-refractivity contribution in [1.29, 1.82) is 0 Å². The molecule has 1 saturated carbocycles. The first-order valence-electron chi connectivity index (χ1n) is 5.74. The van der Waals surface area contributed by atoms with Crippen molar-refractivity contribution in [2.24, 2.45) is 5.92 Å². The third kappa shape index (κ3) is 2.13. The van der Waals surface area contributed by atoms with Crippen LogP contribution in [0.2, 0.25) is 0 Å². The number of nitrogens with zero attached hydrogens (tertiary/aromatic N) is 1. The van der Waals surface area contributed by atoms with E-state index >= 15 is 0 Å². The number of carbonyl (C=O) groups is 2. The van der Waals surface area contributed by atoms with Crippen LogP contribution in [-0.4, -0.2) is 35.8 Å². The van der Waals surface area contributed by atoms with E-state index in [1.54, 1.807) is 0 Å². The van der Waals surface area contributed by atoms with Crippen LogP contribution in [0.3, 0.4) is 0 Å². The second kappa shape index (κ2) is 4.21. The second-order valence-electron chi connectivity index (χ2n) is 4.55. The zero-order valence-corrected chi connectivity index (χ0v) is 9.16. The molecule has 1 atom stereocenters. The van der Waals surface area contributed by atoms with Crippen molar-refractivity contribution in [3.05, 3.63) is 0 Å². The molecule has 1 saturated heterocycles. The standard InChI is InChI=1S/C11H18N2O2/c1-8(9-3-2-4-9)13-6-5-10(14)12-7-11(13)15/h8-9H,2-7H2,1H3,(H,12,14). The molecule has 1 heterocycles. The first kappa shape index (κ1) is 10.5. The molecule has 0 bridgehead atoms. The van der Waals surface area contributed by atoms with Crippen LogP contribution in [0.4, 0.5) is 0 Å². The average Bonchev–Trinajstić information content (AvgIpc) is 2.26. The van der Waals surface area contributed by atoms with Crippen LogP contribution in [0.15, 0.2) is 0 Å². The second-order valence-corrected chi connectivity index (χ2v) is 4.55. The smallest absolute Gasteiger partial charge is 0.242 e. The fourth-order valence-corrected chi connectivity index (χ4v) is 2.32. The molecule has 84 valence electrons. The SMILES string of the molecule is CC(C1CCC1)N1CCC(=O)NCC1=O. The van der Waals surface area contributed by atoms with Crippen LogP contribution < -0.4 is 5.32 Å². The predicted octanol–water partition coefficient (Wildman–Crippen LogP) is 0.523. The topological polar surface area (TPSA) is 49.4 Å². The molecule has 4 nitrogen and oxygen atoms in total. The van der Waals surface area contributed by atoms with E-state index in [0.717, 1.165) is 0 Å². The summed E-state index contributed by atoms with van der Waals surface area (Å²) in [6, 6.07) is 0.305. The molecule has 1 aliphatic heterocycles. The molecule has 0 aromatic rings. The van der Waals surface area contributed by atoms with Crippen LogP contribution in [-0.2, 0) is 9.59 Å². The Kier molecular flexibility index (Phi) is 2.93. The van der Waals surface area contributed by atoms with Gasteiger partial charge in [-0.05, 0) is 25.7 Å². The van der Waals surface area contributed by atoms with Gasteiger partial charge >= 0.3 is 0 Å². The van der Waals surface area contributed by atoms with Gasteiger partial charge in [0.1, 0.15) is 0 Å². The molecule has 0 radical (unpaired) electrons. The lowest BCUT2D eigenvalue weighted by atomic mass is 9.79. The molecule has 0 spiro atoms. The Labute approximate surface area is 90.0 Å². The molecule has 1 aliphatic carbocycles. The predicted molar refractivity (Wildman–Crippen MR) is 56.1 cm³/mol. The van der Waals surface area contributed by atoms with Crippen LogP contribution in [0.5, 0.6) is 0 Å². The highest BCUT2D eigenvalue weighted by Gasteiger charge is 2.32. The van der Waals surface area contributed by atoms with E-state index in [4.69, 9.17) is 0 Å². The number of hydrogen-bond donors (Lipinski definition) is 1. The summed E-state index contributed by atoms with van der Waals surface area (Å²) in [5, 5.41) is 2.62. The van der Waals surface area contributed by atoms with Crippen LogP contribution in [0, 0.1) is 5.92 Å². The van der Waals surface area contributed by atoms with Gasteiger partial charge in [-0.25, -0.2) is 0 Å². The highest BCUT2D eigenvalue weighted by molar-refractivity contribution is 5.87. The van der Waals surface area contributed by atoms with Gasteiger partial charge in [-0.15, -0.1) is 0 Å². The van der Waals surface area contributed by atoms with Gasteiger partial charge in [-0.2, -0.15) is 0 Å². The summed E-state index contributed by atoms with van der Waals surface area (Å²) in [6.45, 7) is 2.87. The van der Waals surface area contributed by atoms with Crippen molar-refractivity contribution >= 4 is 11.8 Å². The quantitative estimate of drug-likeness (QED) is 0.722. The van der Waals surface area contributed by atoms with Gasteiger partial charge in [0.25, 0.3) is 0 Å². The number of nitrogens with one attached hydrogen (secondary N) is 1. The molecular formula is C11H18N2O2. The molecule has 0 aromatic carbocycles. The van der Waals surface area contributed by atoms with E-state index in [1.807, 2.05) is 4.90 Å². The Morgan fingerprint density at radius 3 is 2.73 bits per heavy atom. The van der Waals surface area contributed by atoms with Gasteiger partial charge in [-0.3, -0.25) is 9.59 Å². The zero-order valence-electron chi connectivity index (χ0n) is 9.16. The molecule has 4 heteroatoms. The van der Waals surface area contributed by atoms with Gasteiger partial charge in [-0.1, -0.05) is 6.42 Å². The lowest BCUT2D eigenvalue weighted by Gasteiger charge is -2.38. The maximum atomic E-state index is 11.8. The maximum absolute atomic E-state index is 11.8. The highest BCUT2D eigenvalue weighted by atomic mass is 16.2. The normalized spacial score (nSPS) is 25.5. The highest BCUT2D eigenvalue weighted by Crippen LogP contribution is 2.32. The Hall–Kier alpha value is -1.06. The van der Waals surface area contributed by atoms with E-state index in [0.29, 0.717) is 24.9 Å². The Morgan fingerprint density at radius 2 is 2.13 bits per heavy atom. The summed E-state index contributed by atoms with van der Waals surface area (Å²) in [6.07, 6.45) is 4.19. The van der Waals surface area contributed by atoms with Crippen molar-refractivity contribution in [3.63, 3.8) is 0 Å². The van der Waals surface area contributed by atoms with Gasteiger partial charge in [0.05, 0.1) is 6.54 Å². The monoisotopic (exact) mass is 210 g/mol. The number of hydrogen-bond acceptors (Lipinski definition) is 2. The van der Waals surface area contributed by atoms with Crippen LogP contribution >= 0.6 is 0 Å². The van der Waals surface area contributed by atoms with Crippen molar-refractivity contribution in [3.8, 4) is 0 Å². The molecular weight excluding hydrogens is 192 g/mol. The van der Waals surface area contributed by atoms with Crippen molar-refractivity contribution in [2.75, 3.05) is 13.1 Å². The Bertz CT molecular complexity index is 274. The zero-order chi connectivity index (χ0) is 10.8. The van der Waals surface area contributed by atoms with Crippen molar-refractivity contribution in [1.82, 2.24) is 10.2 Å². The van der Waals surface area contributed by atoms with Crippen molar-refractivity contribution in [2.45, 2.75) is 38.6 Å². The number of carbonyl (C=O) groups excluding carboxylic acids is 2. The molecule has 15 heavy (non-hydrogen) atoms. The van der Waals surface area contributed by atoms with E-state index < -0.39 is 0 Å². The number of rotatable bonds is 2. The molecule has 2 fully saturated rings. The summed E-state index contributed by atoms with van der Waals surface area (Å²) in [4.78, 5) is 24.8. The molecule has 1 unspecified atom stereocenters. The summed E-state index contributed by atoms with van der Waals surface area (Å²) in [5.74, 6) is 0.717. The third-order valence-electron chi connectivity index (χ3n) is 3.66. The minimum absolute atomic E-state index is 0.00772. The molecule has 2 rings (SSSR count). The van der Waals surface area contributed by atoms with Gasteiger partial charge in [0.15, 0.2) is 0 Å². The maximum Gasteiger partial charge on any atom is 0.242 e. The summed E-state index contributed by atoms with van der Waals surface area (Å²) < 4.78 is 0. The molecule has 2 amide bonds. The summed E-state index contributed by atoms with van der Waals surface area (Å²) in [7, 11) is 0. The van der Waals surface area contributed by atoms with Crippen LogP contribution in [0.25, 0.3) is 0 Å². The Morgan fingerprint density at radius 1 is 1.40 bits per heavy atom. The summed E-state index contributed by atoms with van der Waals surface area (Å²) in [5.41, 5.74) is 0. The van der Waals surface area contributed by atoms with Gasteiger partial charge in [0.2, 0.25) is 11.8 Å². The largest absolute Gasteiger partial charge is 0.347 e. The molecule has 0 aromatic heterocycles. The minimum atomic E-state index is -0.00772. The Balaban J connectivity index is 1.99. The first-order chi connectivity index (χ1) is 7.18. The first-order valence-corrected chi connectivity index (χ1v) is 5.74. The minimum Gasteiger partial charge on any atom is -0.347 e. The fourth-order valence-electron chi connectivity index (χ4n) is 2.32. The van der Waals surface area contributed by atoms with E-state index in [-0.39, 0.29) is 18.4 Å². The van der Waals surface area contributed by atoms with Gasteiger partial charge in [0, 0.05) is 19.0 Å². The van der Waals surface area contributed by atoms with Crippen molar-refractivity contribution < 1.29 is 9.59 Å². The number of amides is 2. The lowest BCUT2D eigenvalue weighted by molar-refractivity contribution is -0.133. The van der Waals surface area contributed by atoms with Crippen LogP contribution in [0.1, 0.15) is 32.6 Å². The van der Waals surface area contributed by atoms with Gasteiger partial charge < -0.3 is 10.2 Å². The fraction of sp³-hybridized carbons (Fsp3) is 0.818. The van der Waals surface area contributed by atoms with E-state index in [9.17, 15) is 9.59 Å². The average molecular weight is 210 g/mol. The summed E-state index contributed by atoms with van der Waals surface area (Å²) >= 11 is 0. The third-order valence-corrected chi connectivity index (χ3v) is 3.66. The van der Waals surface area contributed by atoms with E-state index in [2.05, 4.69) is 12.2 Å². The molecule has 2 aliphatic rings. The lowest BCUT2D eigenvalue weighted by Crippen LogP contribution is -2.46. The molecule has 1 N–H and O–H groups in total.